The minimum absolute atomic E-state index is 0.0476. The number of amides is 1. The van der Waals surface area contributed by atoms with Crippen LogP contribution in [0.5, 0.6) is 0 Å². The summed E-state index contributed by atoms with van der Waals surface area (Å²) < 4.78 is 2.45. The molecule has 0 unspecified atom stereocenters. The lowest BCUT2D eigenvalue weighted by molar-refractivity contribution is 0.0671. The molecule has 23 heavy (non-hydrogen) atoms. The second kappa shape index (κ2) is 5.45. The zero-order chi connectivity index (χ0) is 16.0. The topological polar surface area (TPSA) is 50.5 Å². The summed E-state index contributed by atoms with van der Waals surface area (Å²) in [5.74, 6) is -0.0476. The lowest BCUT2D eigenvalue weighted by Gasteiger charge is -2.34. The van der Waals surface area contributed by atoms with Gasteiger partial charge in [0.2, 0.25) is 0 Å². The first kappa shape index (κ1) is 14.4. The third kappa shape index (κ3) is 2.43. The molecule has 0 radical (unpaired) electrons. The zero-order valence-corrected chi connectivity index (χ0v) is 14.2. The summed E-state index contributed by atoms with van der Waals surface area (Å²) in [6, 6.07) is 10.1. The monoisotopic (exact) mass is 370 g/mol. The van der Waals surface area contributed by atoms with Crippen molar-refractivity contribution in [3.63, 3.8) is 0 Å². The van der Waals surface area contributed by atoms with Gasteiger partial charge in [0.25, 0.3) is 5.91 Å². The molecule has 0 fully saturated rings. The van der Waals surface area contributed by atoms with Gasteiger partial charge in [0.05, 0.1) is 10.5 Å². The largest absolute Gasteiger partial charge is 0.330 e. The summed E-state index contributed by atoms with van der Waals surface area (Å²) in [6.07, 6.45) is 4.38. The minimum Gasteiger partial charge on any atom is -0.330 e. The highest BCUT2D eigenvalue weighted by Gasteiger charge is 2.29. The Morgan fingerprint density at radius 3 is 3.04 bits per heavy atom. The number of nitrogens with zero attached hydrogens (tertiary/aromatic N) is 4. The molecule has 116 valence electrons. The number of carbonyl (C=O) groups is 1. The van der Waals surface area contributed by atoms with Gasteiger partial charge in [-0.3, -0.25) is 4.79 Å². The molecule has 6 heteroatoms. The van der Waals surface area contributed by atoms with E-state index in [2.05, 4.69) is 51.1 Å². The van der Waals surface area contributed by atoms with Crippen molar-refractivity contribution in [3.8, 4) is 0 Å². The molecule has 1 amide bonds. The second-order valence-electron chi connectivity index (χ2n) is 5.73. The van der Waals surface area contributed by atoms with Crippen LogP contribution in [0.1, 0.15) is 34.6 Å². The smallest absolute Gasteiger partial charge is 0.274 e. The Bertz CT molecular complexity index is 904. The van der Waals surface area contributed by atoms with Crippen LogP contribution in [0.2, 0.25) is 0 Å². The predicted molar refractivity (Wildman–Crippen MR) is 90.3 cm³/mol. The third-order valence-corrected chi connectivity index (χ3v) is 4.77. The molecular formula is C17H15BrN4O. The van der Waals surface area contributed by atoms with Gasteiger partial charge >= 0.3 is 0 Å². The van der Waals surface area contributed by atoms with Gasteiger partial charge in [0, 0.05) is 25.0 Å². The molecule has 1 aliphatic rings. The molecule has 2 aromatic heterocycles. The van der Waals surface area contributed by atoms with E-state index < -0.39 is 0 Å². The van der Waals surface area contributed by atoms with Crippen LogP contribution in [0.15, 0.2) is 47.2 Å². The number of fused-ring (bicyclic) bond motifs is 2. The molecule has 4 rings (SSSR count). The van der Waals surface area contributed by atoms with E-state index >= 15 is 0 Å². The lowest BCUT2D eigenvalue weighted by atomic mass is 9.93. The highest BCUT2D eigenvalue weighted by Crippen LogP contribution is 2.30. The van der Waals surface area contributed by atoms with Gasteiger partial charge in [0.1, 0.15) is 0 Å². The van der Waals surface area contributed by atoms with Gasteiger partial charge in [-0.2, -0.15) is 5.10 Å². The Hall–Kier alpha value is -2.21. The van der Waals surface area contributed by atoms with Crippen LogP contribution in [0, 0.1) is 0 Å². The van der Waals surface area contributed by atoms with Crippen LogP contribution < -0.4 is 0 Å². The molecule has 0 N–H and O–H groups in total. The van der Waals surface area contributed by atoms with Crippen LogP contribution in [0.25, 0.3) is 5.65 Å². The van der Waals surface area contributed by atoms with Gasteiger partial charge in [-0.25, -0.2) is 9.50 Å². The maximum atomic E-state index is 12.9. The molecule has 0 aliphatic carbocycles. The molecule has 0 bridgehead atoms. The summed E-state index contributed by atoms with van der Waals surface area (Å²) in [7, 11) is 0. The Balaban J connectivity index is 1.68. The van der Waals surface area contributed by atoms with Crippen LogP contribution >= 0.6 is 15.9 Å². The number of hydrogen-bond donors (Lipinski definition) is 0. The van der Waals surface area contributed by atoms with E-state index in [1.807, 2.05) is 11.0 Å². The summed E-state index contributed by atoms with van der Waals surface area (Å²) in [5, 5.41) is 4.37. The molecule has 5 nitrogen and oxygen atoms in total. The number of rotatable bonds is 1. The van der Waals surface area contributed by atoms with E-state index in [1.165, 1.54) is 11.1 Å². The standard InChI is InChI=1S/C17H15BrN4O/c1-11-14-5-3-2-4-12(14)6-7-21(11)17(23)15-8-16-19-9-13(18)10-22(16)20-15/h2-5,8-11H,6-7H2,1H3/t11-/m0/s1. The number of halogens is 1. The Kier molecular flexibility index (Phi) is 3.41. The van der Waals surface area contributed by atoms with Crippen molar-refractivity contribution >= 4 is 27.5 Å². The second-order valence-corrected chi connectivity index (χ2v) is 6.64. The first-order chi connectivity index (χ1) is 11.1. The Morgan fingerprint density at radius 1 is 1.35 bits per heavy atom. The van der Waals surface area contributed by atoms with Gasteiger partial charge in [-0.05, 0) is 40.4 Å². The van der Waals surface area contributed by atoms with Gasteiger partial charge in [-0.15, -0.1) is 0 Å². The van der Waals surface area contributed by atoms with Crippen LogP contribution in [-0.2, 0) is 6.42 Å². The normalized spacial score (nSPS) is 17.3. The molecular weight excluding hydrogens is 356 g/mol. The molecule has 3 aromatic rings. The third-order valence-electron chi connectivity index (χ3n) is 4.36. The van der Waals surface area contributed by atoms with Gasteiger partial charge < -0.3 is 4.90 Å². The van der Waals surface area contributed by atoms with Crippen LogP contribution in [0.3, 0.4) is 0 Å². The molecule has 1 aliphatic heterocycles. The van der Waals surface area contributed by atoms with E-state index in [9.17, 15) is 4.79 Å². The Labute approximate surface area is 142 Å². The fourth-order valence-electron chi connectivity index (χ4n) is 3.15. The SMILES string of the molecule is C[C@H]1c2ccccc2CCN1C(=O)c1cc2ncc(Br)cn2n1. The summed E-state index contributed by atoms with van der Waals surface area (Å²) >= 11 is 3.36. The quantitative estimate of drug-likeness (QED) is 0.660. The molecule has 1 aromatic carbocycles. The molecule has 0 spiro atoms. The molecule has 0 saturated carbocycles. The number of aromatic nitrogens is 3. The molecule has 3 heterocycles. The molecule has 0 saturated heterocycles. The number of benzene rings is 1. The van der Waals surface area contributed by atoms with Gasteiger partial charge in [0.15, 0.2) is 11.3 Å². The van der Waals surface area contributed by atoms with Crippen molar-refractivity contribution in [2.45, 2.75) is 19.4 Å². The predicted octanol–water partition coefficient (Wildman–Crippen LogP) is 3.25. The lowest BCUT2D eigenvalue weighted by Crippen LogP contribution is -2.39. The van der Waals surface area contributed by atoms with Crippen molar-refractivity contribution in [1.82, 2.24) is 19.5 Å². The van der Waals surface area contributed by atoms with Crippen molar-refractivity contribution in [2.75, 3.05) is 6.54 Å². The van der Waals surface area contributed by atoms with Crippen LogP contribution in [-0.4, -0.2) is 31.9 Å². The average molecular weight is 371 g/mol. The summed E-state index contributed by atoms with van der Waals surface area (Å²) in [4.78, 5) is 19.0. The van der Waals surface area contributed by atoms with E-state index in [1.54, 1.807) is 23.0 Å². The number of hydrogen-bond acceptors (Lipinski definition) is 3. The Morgan fingerprint density at radius 2 is 2.17 bits per heavy atom. The van der Waals surface area contributed by atoms with E-state index in [-0.39, 0.29) is 11.9 Å². The zero-order valence-electron chi connectivity index (χ0n) is 12.6. The minimum atomic E-state index is -0.0476. The number of carbonyl (C=O) groups excluding carboxylic acids is 1. The van der Waals surface area contributed by atoms with Crippen molar-refractivity contribution in [3.05, 3.63) is 64.0 Å². The fraction of sp³-hybridized carbons (Fsp3) is 0.235. The summed E-state index contributed by atoms with van der Waals surface area (Å²) in [6.45, 7) is 2.78. The highest BCUT2D eigenvalue weighted by molar-refractivity contribution is 9.10. The van der Waals surface area contributed by atoms with E-state index in [4.69, 9.17) is 0 Å². The van der Waals surface area contributed by atoms with Gasteiger partial charge in [-0.1, -0.05) is 24.3 Å². The maximum Gasteiger partial charge on any atom is 0.274 e. The van der Waals surface area contributed by atoms with Crippen molar-refractivity contribution in [2.24, 2.45) is 0 Å². The first-order valence-electron chi connectivity index (χ1n) is 7.53. The first-order valence-corrected chi connectivity index (χ1v) is 8.32. The average Bonchev–Trinajstić information content (AvgIpc) is 2.98. The highest BCUT2D eigenvalue weighted by atomic mass is 79.9. The fourth-order valence-corrected chi connectivity index (χ4v) is 3.45. The van der Waals surface area contributed by atoms with Crippen molar-refractivity contribution < 1.29 is 4.79 Å². The summed E-state index contributed by atoms with van der Waals surface area (Å²) in [5.41, 5.74) is 3.64. The van der Waals surface area contributed by atoms with Crippen LogP contribution in [0.4, 0.5) is 0 Å². The van der Waals surface area contributed by atoms with E-state index in [0.29, 0.717) is 17.9 Å². The van der Waals surface area contributed by atoms with Crippen molar-refractivity contribution in [1.29, 1.82) is 0 Å². The maximum absolute atomic E-state index is 12.9. The van der Waals surface area contributed by atoms with E-state index in [0.717, 1.165) is 10.9 Å². The molecule has 1 atom stereocenters.